The van der Waals surface area contributed by atoms with Crippen LogP contribution >= 0.6 is 24.8 Å². The lowest BCUT2D eigenvalue weighted by atomic mass is 10.2. The highest BCUT2D eigenvalue weighted by Gasteiger charge is 2.12. The third kappa shape index (κ3) is 5.69. The molecule has 0 radical (unpaired) electrons. The standard InChI is InChI=1S/C20H24N4O2.2ClH/c1-15-23-18-14-16(20(25)22-11-10-21-12-13-26-2)8-9-19(18)24(15)17-6-4-3-5-7-17;;/h3-9,14,21H,10-13H2,1-2H3,(H,22,25);2*1H. The van der Waals surface area contributed by atoms with Gasteiger partial charge < -0.3 is 15.4 Å². The van der Waals surface area contributed by atoms with E-state index >= 15 is 0 Å². The number of nitrogens with zero attached hydrogens (tertiary/aromatic N) is 2. The van der Waals surface area contributed by atoms with Crippen molar-refractivity contribution in [2.24, 2.45) is 0 Å². The maximum Gasteiger partial charge on any atom is 0.251 e. The highest BCUT2D eigenvalue weighted by Crippen LogP contribution is 2.22. The Kier molecular flexibility index (Phi) is 9.96. The number of rotatable bonds is 8. The van der Waals surface area contributed by atoms with E-state index in [1.165, 1.54) is 0 Å². The van der Waals surface area contributed by atoms with Gasteiger partial charge in [0.25, 0.3) is 5.91 Å². The average Bonchev–Trinajstić information content (AvgIpc) is 3.00. The van der Waals surface area contributed by atoms with Crippen LogP contribution < -0.4 is 10.6 Å². The monoisotopic (exact) mass is 424 g/mol. The molecule has 1 amide bonds. The Morgan fingerprint density at radius 3 is 2.54 bits per heavy atom. The van der Waals surface area contributed by atoms with Crippen LogP contribution in [0.1, 0.15) is 16.2 Å². The van der Waals surface area contributed by atoms with E-state index in [2.05, 4.69) is 20.2 Å². The number of benzene rings is 2. The molecule has 0 spiro atoms. The SMILES string of the molecule is COCCNCCNC(=O)c1ccc2c(c1)nc(C)n2-c1ccccc1.Cl.Cl. The second-order valence-electron chi connectivity index (χ2n) is 6.03. The van der Waals surface area contributed by atoms with Crippen LogP contribution in [0.4, 0.5) is 0 Å². The summed E-state index contributed by atoms with van der Waals surface area (Å²) in [4.78, 5) is 17.0. The summed E-state index contributed by atoms with van der Waals surface area (Å²) in [6.45, 7) is 4.68. The predicted octanol–water partition coefficient (Wildman–Crippen LogP) is 3.14. The fraction of sp³-hybridized carbons (Fsp3) is 0.300. The summed E-state index contributed by atoms with van der Waals surface area (Å²) in [6.07, 6.45) is 0. The van der Waals surface area contributed by atoms with Gasteiger partial charge in [0.05, 0.1) is 17.6 Å². The van der Waals surface area contributed by atoms with Crippen molar-refractivity contribution in [2.75, 3.05) is 33.4 Å². The molecule has 6 nitrogen and oxygen atoms in total. The molecule has 0 fully saturated rings. The Balaban J connectivity index is 0.00000196. The molecule has 0 aliphatic carbocycles. The number of carbonyl (C=O) groups is 1. The second-order valence-corrected chi connectivity index (χ2v) is 6.03. The van der Waals surface area contributed by atoms with Gasteiger partial charge in [-0.05, 0) is 37.3 Å². The third-order valence-electron chi connectivity index (χ3n) is 4.17. The molecule has 8 heteroatoms. The van der Waals surface area contributed by atoms with Gasteiger partial charge in [-0.15, -0.1) is 24.8 Å². The molecule has 0 atom stereocenters. The molecule has 1 heterocycles. The number of imidazole rings is 1. The smallest absolute Gasteiger partial charge is 0.251 e. The normalized spacial score (nSPS) is 10.2. The van der Waals surface area contributed by atoms with Crippen molar-refractivity contribution in [2.45, 2.75) is 6.92 Å². The van der Waals surface area contributed by atoms with Crippen LogP contribution in [0, 0.1) is 6.92 Å². The minimum Gasteiger partial charge on any atom is -0.383 e. The molecule has 1 aromatic heterocycles. The molecule has 0 unspecified atom stereocenters. The molecule has 0 saturated heterocycles. The van der Waals surface area contributed by atoms with Crippen molar-refractivity contribution >= 4 is 41.8 Å². The van der Waals surface area contributed by atoms with E-state index < -0.39 is 0 Å². The maximum atomic E-state index is 12.3. The van der Waals surface area contributed by atoms with E-state index in [1.807, 2.05) is 55.5 Å². The fourth-order valence-corrected chi connectivity index (χ4v) is 2.91. The Morgan fingerprint density at radius 2 is 1.82 bits per heavy atom. The molecule has 28 heavy (non-hydrogen) atoms. The van der Waals surface area contributed by atoms with Gasteiger partial charge in [0.2, 0.25) is 0 Å². The number of hydrogen-bond acceptors (Lipinski definition) is 4. The van der Waals surface area contributed by atoms with Crippen molar-refractivity contribution in [3.05, 3.63) is 59.9 Å². The summed E-state index contributed by atoms with van der Waals surface area (Å²) in [5.74, 6) is 0.804. The highest BCUT2D eigenvalue weighted by atomic mass is 35.5. The van der Waals surface area contributed by atoms with Crippen molar-refractivity contribution in [3.63, 3.8) is 0 Å². The van der Waals surface area contributed by atoms with Gasteiger partial charge in [0.1, 0.15) is 5.82 Å². The molecule has 0 aliphatic heterocycles. The first-order chi connectivity index (χ1) is 12.7. The van der Waals surface area contributed by atoms with E-state index in [1.54, 1.807) is 7.11 Å². The first-order valence-electron chi connectivity index (χ1n) is 8.73. The van der Waals surface area contributed by atoms with Crippen LogP contribution in [-0.4, -0.2) is 48.8 Å². The Hall–Kier alpha value is -2.12. The van der Waals surface area contributed by atoms with Crippen molar-refractivity contribution < 1.29 is 9.53 Å². The van der Waals surface area contributed by atoms with Crippen LogP contribution in [0.15, 0.2) is 48.5 Å². The van der Waals surface area contributed by atoms with Gasteiger partial charge >= 0.3 is 0 Å². The zero-order valence-electron chi connectivity index (χ0n) is 16.0. The first kappa shape index (κ1) is 23.9. The number of nitrogens with one attached hydrogen (secondary N) is 2. The number of ether oxygens (including phenoxy) is 1. The average molecular weight is 425 g/mol. The lowest BCUT2D eigenvalue weighted by molar-refractivity contribution is 0.0954. The molecular formula is C20H26Cl2N4O2. The van der Waals surface area contributed by atoms with Gasteiger partial charge in [-0.25, -0.2) is 4.98 Å². The van der Waals surface area contributed by atoms with E-state index in [4.69, 9.17) is 4.74 Å². The van der Waals surface area contributed by atoms with Crippen LogP contribution in [0.3, 0.4) is 0 Å². The molecule has 152 valence electrons. The molecule has 0 bridgehead atoms. The zero-order valence-corrected chi connectivity index (χ0v) is 17.6. The van der Waals surface area contributed by atoms with E-state index in [0.29, 0.717) is 25.3 Å². The number of carbonyl (C=O) groups excluding carboxylic acids is 1. The number of para-hydroxylation sites is 1. The minimum atomic E-state index is -0.0904. The highest BCUT2D eigenvalue weighted by molar-refractivity contribution is 5.97. The Labute approximate surface area is 177 Å². The van der Waals surface area contributed by atoms with Crippen LogP contribution in [-0.2, 0) is 4.74 Å². The number of halogens is 2. The first-order valence-corrected chi connectivity index (χ1v) is 8.73. The fourth-order valence-electron chi connectivity index (χ4n) is 2.91. The largest absolute Gasteiger partial charge is 0.383 e. The Morgan fingerprint density at radius 1 is 1.07 bits per heavy atom. The lowest BCUT2D eigenvalue weighted by Gasteiger charge is -2.08. The van der Waals surface area contributed by atoms with Gasteiger partial charge in [-0.3, -0.25) is 9.36 Å². The van der Waals surface area contributed by atoms with Crippen molar-refractivity contribution in [1.82, 2.24) is 20.2 Å². The summed E-state index contributed by atoms with van der Waals surface area (Å²) >= 11 is 0. The number of aryl methyl sites for hydroxylation is 1. The van der Waals surface area contributed by atoms with Gasteiger partial charge in [-0.2, -0.15) is 0 Å². The van der Waals surface area contributed by atoms with E-state index in [-0.39, 0.29) is 30.7 Å². The molecule has 2 N–H and O–H groups in total. The summed E-state index contributed by atoms with van der Waals surface area (Å²) in [5.41, 5.74) is 3.49. The molecule has 0 aliphatic rings. The summed E-state index contributed by atoms with van der Waals surface area (Å²) in [6, 6.07) is 15.7. The van der Waals surface area contributed by atoms with Crippen molar-refractivity contribution in [1.29, 1.82) is 0 Å². The number of amides is 1. The molecule has 3 aromatic rings. The van der Waals surface area contributed by atoms with Gasteiger partial charge in [-0.1, -0.05) is 18.2 Å². The van der Waals surface area contributed by atoms with Crippen LogP contribution in [0.2, 0.25) is 0 Å². The number of methoxy groups -OCH3 is 1. The summed E-state index contributed by atoms with van der Waals surface area (Å²) < 4.78 is 7.06. The topological polar surface area (TPSA) is 68.2 Å². The summed E-state index contributed by atoms with van der Waals surface area (Å²) in [7, 11) is 1.67. The molecule has 0 saturated carbocycles. The lowest BCUT2D eigenvalue weighted by Crippen LogP contribution is -2.33. The molecule has 2 aromatic carbocycles. The predicted molar refractivity (Wildman–Crippen MR) is 117 cm³/mol. The zero-order chi connectivity index (χ0) is 18.4. The number of fused-ring (bicyclic) bond motifs is 1. The summed E-state index contributed by atoms with van der Waals surface area (Å²) in [5, 5.41) is 6.11. The maximum absolute atomic E-state index is 12.3. The van der Waals surface area contributed by atoms with Crippen LogP contribution in [0.5, 0.6) is 0 Å². The van der Waals surface area contributed by atoms with Crippen LogP contribution in [0.25, 0.3) is 16.7 Å². The van der Waals surface area contributed by atoms with Gasteiger partial charge in [0.15, 0.2) is 0 Å². The number of aromatic nitrogens is 2. The Bertz CT molecular complexity index is 885. The second kappa shape index (κ2) is 11.7. The molecular weight excluding hydrogens is 399 g/mol. The van der Waals surface area contributed by atoms with E-state index in [9.17, 15) is 4.79 Å². The van der Waals surface area contributed by atoms with Gasteiger partial charge in [0, 0.05) is 38.0 Å². The number of hydrogen-bond donors (Lipinski definition) is 2. The van der Waals surface area contributed by atoms with Crippen molar-refractivity contribution in [3.8, 4) is 5.69 Å². The molecule has 3 rings (SSSR count). The third-order valence-corrected chi connectivity index (χ3v) is 4.17. The minimum absolute atomic E-state index is 0. The quantitative estimate of drug-likeness (QED) is 0.545. The van der Waals surface area contributed by atoms with E-state index in [0.717, 1.165) is 29.1 Å².